The monoisotopic (exact) mass is 1130 g/mol. The number of carbonyl (C=O) groups excluding carboxylic acids is 3. The molecule has 81 heavy (non-hydrogen) atoms. The molecule has 12 heteroatoms. The number of rotatable bonds is 53. The fraction of sp³-hybridized carbons (Fsp3) is 0.681. The first kappa shape index (κ1) is 74.4. The highest BCUT2D eigenvalue weighted by Crippen LogP contribution is 2.26. The molecule has 1 fully saturated rings. The van der Waals surface area contributed by atoms with Gasteiger partial charge in [-0.1, -0.05) is 252 Å². The van der Waals surface area contributed by atoms with Gasteiger partial charge < -0.3 is 39.0 Å². The molecule has 0 amide bonds. The number of carboxylic acids is 1. The lowest BCUT2D eigenvalue weighted by Crippen LogP contribution is -2.61. The van der Waals surface area contributed by atoms with E-state index < -0.39 is 67.3 Å². The molecular weight excluding hydrogens is 1020 g/mol. The van der Waals surface area contributed by atoms with E-state index in [1.807, 2.05) is 12.2 Å². The Morgan fingerprint density at radius 2 is 0.802 bits per heavy atom. The van der Waals surface area contributed by atoms with Crippen LogP contribution >= 0.6 is 0 Å². The van der Waals surface area contributed by atoms with Gasteiger partial charge in [0.25, 0.3) is 0 Å². The summed E-state index contributed by atoms with van der Waals surface area (Å²) >= 11 is 0. The molecule has 3 N–H and O–H groups in total. The molecule has 0 saturated carbocycles. The normalized spacial score (nSPS) is 18.5. The van der Waals surface area contributed by atoms with Crippen LogP contribution in [0.15, 0.2) is 109 Å². The number of unbranched alkanes of at least 4 members (excludes halogenated alkanes) is 21. The van der Waals surface area contributed by atoms with Crippen molar-refractivity contribution in [3.63, 3.8) is 0 Å². The van der Waals surface area contributed by atoms with Crippen molar-refractivity contribution in [1.82, 2.24) is 0 Å². The largest absolute Gasteiger partial charge is 0.479 e. The van der Waals surface area contributed by atoms with Crippen LogP contribution in [0.4, 0.5) is 0 Å². The molecule has 12 nitrogen and oxygen atoms in total. The molecule has 6 unspecified atom stereocenters. The number of aliphatic carboxylic acids is 1. The first-order chi connectivity index (χ1) is 39.6. The van der Waals surface area contributed by atoms with Gasteiger partial charge in [0.15, 0.2) is 24.6 Å². The molecule has 0 bridgehead atoms. The number of ether oxygens (including phenoxy) is 5. The first-order valence-corrected chi connectivity index (χ1v) is 31.9. The van der Waals surface area contributed by atoms with Gasteiger partial charge in [0.2, 0.25) is 0 Å². The number of hydrogen-bond acceptors (Lipinski definition) is 11. The Balaban J connectivity index is 2.73. The maximum Gasteiger partial charge on any atom is 0.335 e. The highest BCUT2D eigenvalue weighted by molar-refractivity contribution is 5.74. The fourth-order valence-electron chi connectivity index (χ4n) is 9.06. The summed E-state index contributed by atoms with van der Waals surface area (Å²) in [6, 6.07) is 0. The molecule has 460 valence electrons. The predicted molar refractivity (Wildman–Crippen MR) is 330 cm³/mol. The second-order valence-electron chi connectivity index (χ2n) is 21.3. The Morgan fingerprint density at radius 3 is 1.23 bits per heavy atom. The quantitative estimate of drug-likeness (QED) is 0.0228. The summed E-state index contributed by atoms with van der Waals surface area (Å²) in [5, 5.41) is 31.6. The van der Waals surface area contributed by atoms with E-state index in [0.717, 1.165) is 128 Å². The molecule has 0 aliphatic carbocycles. The van der Waals surface area contributed by atoms with Gasteiger partial charge in [0.05, 0.1) is 6.61 Å². The van der Waals surface area contributed by atoms with E-state index in [9.17, 15) is 34.5 Å². The van der Waals surface area contributed by atoms with Crippen molar-refractivity contribution in [2.45, 2.75) is 289 Å². The van der Waals surface area contributed by atoms with E-state index in [2.05, 4.69) is 118 Å². The topological polar surface area (TPSA) is 175 Å². The third-order valence-electron chi connectivity index (χ3n) is 13.9. The summed E-state index contributed by atoms with van der Waals surface area (Å²) in [5.74, 6) is -3.24. The van der Waals surface area contributed by atoms with E-state index in [1.54, 1.807) is 0 Å². The number of carbonyl (C=O) groups is 4. The van der Waals surface area contributed by atoms with Crippen molar-refractivity contribution in [2.24, 2.45) is 0 Å². The van der Waals surface area contributed by atoms with Crippen molar-refractivity contribution in [3.05, 3.63) is 109 Å². The van der Waals surface area contributed by atoms with Gasteiger partial charge in [-0.15, -0.1) is 0 Å². The Bertz CT molecular complexity index is 1820. The molecule has 1 aliphatic rings. The average Bonchev–Trinajstić information content (AvgIpc) is 3.53. The van der Waals surface area contributed by atoms with Gasteiger partial charge in [0, 0.05) is 19.3 Å². The van der Waals surface area contributed by atoms with Crippen LogP contribution in [0.1, 0.15) is 252 Å². The minimum atomic E-state index is -1.92. The van der Waals surface area contributed by atoms with Crippen LogP contribution < -0.4 is 0 Å². The van der Waals surface area contributed by atoms with E-state index in [4.69, 9.17) is 23.7 Å². The van der Waals surface area contributed by atoms with Crippen molar-refractivity contribution >= 4 is 23.9 Å². The standard InChI is InChI=1S/C69H112O12/c1-4-7-10-13-16-19-22-25-28-30-31-33-35-37-40-43-46-49-52-55-61(70)77-58-60(79-62(71)56-53-50-47-44-41-39-36-32-29-26-23-20-17-14-11-8-5-2)59-78-69-67(65(74)64(73)66(81-69)68(75)76)80-63(72)57-54-51-48-45-42-38-34-27-24-21-18-15-12-9-6-3/h7-8,10-11,16-17,19-20,25-26,28-29,31,33,37,40,46,49,60,64-67,69,73-74H,4-6,9,12-15,18,21-24,27,30,32,34-36,38-39,41-45,47-48,50-59H2,1-3H3,(H,75,76)/b10-7-,11-8-,19-16-,20-17-,28-25-,29-26-,33-31-,40-37-,49-46-. The summed E-state index contributed by atoms with van der Waals surface area (Å²) in [6.07, 6.45) is 63.4. The van der Waals surface area contributed by atoms with Crippen LogP contribution in [0.25, 0.3) is 0 Å². The third-order valence-corrected chi connectivity index (χ3v) is 13.9. The lowest BCUT2D eigenvalue weighted by molar-refractivity contribution is -0.301. The summed E-state index contributed by atoms with van der Waals surface area (Å²) in [4.78, 5) is 51.3. The van der Waals surface area contributed by atoms with Crippen LogP contribution in [-0.4, -0.2) is 89.2 Å². The van der Waals surface area contributed by atoms with Crippen LogP contribution in [0.5, 0.6) is 0 Å². The zero-order chi connectivity index (χ0) is 58.9. The summed E-state index contributed by atoms with van der Waals surface area (Å²) in [5.41, 5.74) is 0. The Kier molecular flexibility index (Phi) is 51.3. The number of allylic oxidation sites excluding steroid dienone is 18. The number of aliphatic hydroxyl groups is 2. The number of carboxylic acid groups (broad SMARTS) is 1. The SMILES string of the molecule is CC/C=C\C/C=C\C/C=C\C/C=C\C/C=C\C/C=C\CCC(=O)OCC(COC1OC(C(=O)O)C(O)C(O)C1OC(=O)CCCCCCCCCCCCCCCCC)OC(=O)CCCCCCCCC/C=C\C/C=C\C/C=C\CC. The fourth-order valence-corrected chi connectivity index (χ4v) is 9.06. The number of esters is 3. The van der Waals surface area contributed by atoms with Gasteiger partial charge in [-0.25, -0.2) is 4.79 Å². The molecule has 1 aliphatic heterocycles. The minimum absolute atomic E-state index is 0.0507. The lowest BCUT2D eigenvalue weighted by Gasteiger charge is -2.40. The van der Waals surface area contributed by atoms with E-state index in [-0.39, 0.29) is 25.9 Å². The molecule has 0 aromatic carbocycles. The molecule has 1 saturated heterocycles. The number of hydrogen-bond donors (Lipinski definition) is 3. The zero-order valence-electron chi connectivity index (χ0n) is 50.7. The van der Waals surface area contributed by atoms with Crippen molar-refractivity contribution in [3.8, 4) is 0 Å². The second-order valence-corrected chi connectivity index (χ2v) is 21.3. The van der Waals surface area contributed by atoms with Crippen LogP contribution in [0.3, 0.4) is 0 Å². The van der Waals surface area contributed by atoms with Crippen molar-refractivity contribution in [2.75, 3.05) is 13.2 Å². The highest BCUT2D eigenvalue weighted by Gasteiger charge is 2.50. The molecular formula is C69H112O12. The summed E-state index contributed by atoms with van der Waals surface area (Å²) in [6.45, 7) is 5.71. The van der Waals surface area contributed by atoms with Crippen LogP contribution in [0, 0.1) is 0 Å². The zero-order valence-corrected chi connectivity index (χ0v) is 50.7. The molecule has 0 radical (unpaired) electrons. The number of aliphatic hydroxyl groups excluding tert-OH is 2. The van der Waals surface area contributed by atoms with E-state index >= 15 is 0 Å². The van der Waals surface area contributed by atoms with Crippen LogP contribution in [0.2, 0.25) is 0 Å². The van der Waals surface area contributed by atoms with Gasteiger partial charge in [-0.2, -0.15) is 0 Å². The molecule has 0 aromatic heterocycles. The van der Waals surface area contributed by atoms with E-state index in [1.165, 1.54) is 64.2 Å². The highest BCUT2D eigenvalue weighted by atomic mass is 16.7. The molecule has 0 aromatic rings. The smallest absolute Gasteiger partial charge is 0.335 e. The van der Waals surface area contributed by atoms with Crippen LogP contribution in [-0.2, 0) is 42.9 Å². The van der Waals surface area contributed by atoms with E-state index in [0.29, 0.717) is 19.3 Å². The third kappa shape index (κ3) is 45.6. The second kappa shape index (κ2) is 55.9. The predicted octanol–water partition coefficient (Wildman–Crippen LogP) is 17.0. The molecule has 1 rings (SSSR count). The average molecular weight is 1130 g/mol. The van der Waals surface area contributed by atoms with Gasteiger partial charge >= 0.3 is 23.9 Å². The maximum absolute atomic E-state index is 13.2. The van der Waals surface area contributed by atoms with Gasteiger partial charge in [-0.05, 0) is 89.9 Å². The summed E-state index contributed by atoms with van der Waals surface area (Å²) < 4.78 is 28.4. The van der Waals surface area contributed by atoms with Crippen molar-refractivity contribution < 1.29 is 58.2 Å². The Morgan fingerprint density at radius 1 is 0.420 bits per heavy atom. The van der Waals surface area contributed by atoms with Gasteiger partial charge in [0.1, 0.15) is 18.8 Å². The van der Waals surface area contributed by atoms with Gasteiger partial charge in [-0.3, -0.25) is 14.4 Å². The van der Waals surface area contributed by atoms with Crippen molar-refractivity contribution in [1.29, 1.82) is 0 Å². The lowest BCUT2D eigenvalue weighted by atomic mass is 9.98. The Hall–Kier alpha value is -4.62. The Labute approximate surface area is 491 Å². The minimum Gasteiger partial charge on any atom is -0.479 e. The molecule has 6 atom stereocenters. The summed E-state index contributed by atoms with van der Waals surface area (Å²) in [7, 11) is 0. The molecule has 0 spiro atoms. The first-order valence-electron chi connectivity index (χ1n) is 31.9. The molecule has 1 heterocycles. The maximum atomic E-state index is 13.2.